The maximum Gasteiger partial charge on any atom is 0.254 e. The van der Waals surface area contributed by atoms with Crippen molar-refractivity contribution in [2.45, 2.75) is 13.1 Å². The second-order valence-electron chi connectivity index (χ2n) is 7.25. The topological polar surface area (TPSA) is 33.2 Å². The van der Waals surface area contributed by atoms with Gasteiger partial charge in [0, 0.05) is 41.1 Å². The van der Waals surface area contributed by atoms with Crippen LogP contribution in [0.25, 0.3) is 11.1 Å². The van der Waals surface area contributed by atoms with Gasteiger partial charge in [0.1, 0.15) is 0 Å². The number of amides is 1. The second kappa shape index (κ2) is 9.78. The van der Waals surface area contributed by atoms with Crippen LogP contribution in [0.3, 0.4) is 0 Å². The predicted molar refractivity (Wildman–Crippen MR) is 126 cm³/mol. The Labute approximate surface area is 191 Å². The third-order valence-electron chi connectivity index (χ3n) is 4.90. The Balaban J connectivity index is 1.66. The highest BCUT2D eigenvalue weighted by atomic mass is 35.5. The number of hydrogen-bond acceptors (Lipinski definition) is 2. The number of benzene rings is 3. The smallest absolute Gasteiger partial charge is 0.254 e. The molecule has 0 atom stereocenters. The van der Waals surface area contributed by atoms with E-state index in [1.165, 1.54) is 0 Å². The number of carbonyl (C=O) groups is 1. The molecule has 0 spiro atoms. The molecule has 1 amide bonds. The summed E-state index contributed by atoms with van der Waals surface area (Å²) in [5.74, 6) is -0.0715. The van der Waals surface area contributed by atoms with Crippen molar-refractivity contribution in [1.82, 2.24) is 9.88 Å². The molecule has 0 radical (unpaired) electrons. The predicted octanol–water partition coefficient (Wildman–Crippen LogP) is 6.90. The quantitative estimate of drug-likeness (QED) is 0.322. The average Bonchev–Trinajstić information content (AvgIpc) is 2.79. The van der Waals surface area contributed by atoms with Crippen LogP contribution >= 0.6 is 23.2 Å². The molecule has 1 heterocycles. The van der Waals surface area contributed by atoms with E-state index in [0.29, 0.717) is 28.7 Å². The molecule has 0 saturated carbocycles. The summed E-state index contributed by atoms with van der Waals surface area (Å²) in [4.78, 5) is 19.5. The first kappa shape index (κ1) is 21.1. The van der Waals surface area contributed by atoms with E-state index in [9.17, 15) is 4.79 Å². The first-order chi connectivity index (χ1) is 15.1. The van der Waals surface area contributed by atoms with Crippen LogP contribution in [-0.2, 0) is 13.1 Å². The third kappa shape index (κ3) is 5.52. The first-order valence-electron chi connectivity index (χ1n) is 9.87. The van der Waals surface area contributed by atoms with E-state index in [4.69, 9.17) is 23.2 Å². The normalized spacial score (nSPS) is 10.6. The van der Waals surface area contributed by atoms with Gasteiger partial charge in [0.25, 0.3) is 5.91 Å². The SMILES string of the molecule is O=C(c1cccc(-c2ccccc2)c1)N(Cc1cccnc1)Cc1cc(Cl)cc(Cl)c1. The summed E-state index contributed by atoms with van der Waals surface area (Å²) >= 11 is 12.4. The summed E-state index contributed by atoms with van der Waals surface area (Å²) in [6, 6.07) is 26.9. The van der Waals surface area contributed by atoms with Crippen LogP contribution in [0.2, 0.25) is 10.0 Å². The van der Waals surface area contributed by atoms with Gasteiger partial charge in [-0.15, -0.1) is 0 Å². The highest BCUT2D eigenvalue weighted by molar-refractivity contribution is 6.34. The van der Waals surface area contributed by atoms with Crippen LogP contribution in [-0.4, -0.2) is 15.8 Å². The van der Waals surface area contributed by atoms with Gasteiger partial charge in [0.2, 0.25) is 0 Å². The zero-order valence-corrected chi connectivity index (χ0v) is 18.2. The Morgan fingerprint density at radius 2 is 1.45 bits per heavy atom. The Morgan fingerprint density at radius 1 is 0.742 bits per heavy atom. The summed E-state index contributed by atoms with van der Waals surface area (Å²) in [6.07, 6.45) is 3.49. The van der Waals surface area contributed by atoms with Crippen molar-refractivity contribution in [3.05, 3.63) is 124 Å². The molecule has 31 heavy (non-hydrogen) atoms. The second-order valence-corrected chi connectivity index (χ2v) is 8.12. The lowest BCUT2D eigenvalue weighted by Crippen LogP contribution is -2.30. The molecule has 4 aromatic rings. The molecule has 4 rings (SSSR count). The van der Waals surface area contributed by atoms with Gasteiger partial charge in [-0.2, -0.15) is 0 Å². The number of carbonyl (C=O) groups excluding carboxylic acids is 1. The van der Waals surface area contributed by atoms with Crippen molar-refractivity contribution in [3.63, 3.8) is 0 Å². The zero-order valence-electron chi connectivity index (χ0n) is 16.7. The van der Waals surface area contributed by atoms with Crippen molar-refractivity contribution >= 4 is 29.1 Å². The van der Waals surface area contributed by atoms with E-state index in [0.717, 1.165) is 22.3 Å². The minimum atomic E-state index is -0.0715. The van der Waals surface area contributed by atoms with E-state index in [1.54, 1.807) is 23.4 Å². The summed E-state index contributed by atoms with van der Waals surface area (Å²) in [5.41, 5.74) is 4.51. The number of halogens is 2. The largest absolute Gasteiger partial charge is 0.330 e. The Hall–Kier alpha value is -3.14. The van der Waals surface area contributed by atoms with Crippen molar-refractivity contribution in [2.75, 3.05) is 0 Å². The fourth-order valence-corrected chi connectivity index (χ4v) is 4.05. The molecular formula is C26H20Cl2N2O. The van der Waals surface area contributed by atoms with Crippen LogP contribution in [0.5, 0.6) is 0 Å². The highest BCUT2D eigenvalue weighted by Crippen LogP contribution is 2.24. The fourth-order valence-electron chi connectivity index (χ4n) is 3.48. The third-order valence-corrected chi connectivity index (χ3v) is 5.33. The van der Waals surface area contributed by atoms with E-state index < -0.39 is 0 Å². The van der Waals surface area contributed by atoms with E-state index in [2.05, 4.69) is 4.98 Å². The lowest BCUT2D eigenvalue weighted by molar-refractivity contribution is 0.0730. The maximum absolute atomic E-state index is 13.5. The minimum absolute atomic E-state index is 0.0715. The molecule has 154 valence electrons. The molecule has 3 aromatic carbocycles. The molecule has 1 aromatic heterocycles. The molecule has 0 fully saturated rings. The number of hydrogen-bond donors (Lipinski definition) is 0. The molecule has 0 aliphatic heterocycles. The molecule has 0 unspecified atom stereocenters. The summed E-state index contributed by atoms with van der Waals surface area (Å²) < 4.78 is 0. The van der Waals surface area contributed by atoms with Gasteiger partial charge in [-0.25, -0.2) is 0 Å². The monoisotopic (exact) mass is 446 g/mol. The summed E-state index contributed by atoms with van der Waals surface area (Å²) in [6.45, 7) is 0.802. The van der Waals surface area contributed by atoms with Gasteiger partial charge in [-0.05, 0) is 58.7 Å². The van der Waals surface area contributed by atoms with Crippen LogP contribution < -0.4 is 0 Å². The maximum atomic E-state index is 13.5. The van der Waals surface area contributed by atoms with Gasteiger partial charge in [-0.3, -0.25) is 9.78 Å². The lowest BCUT2D eigenvalue weighted by atomic mass is 10.0. The number of aromatic nitrogens is 1. The van der Waals surface area contributed by atoms with Crippen molar-refractivity contribution in [2.24, 2.45) is 0 Å². The molecule has 3 nitrogen and oxygen atoms in total. The Kier molecular flexibility index (Phi) is 6.66. The zero-order chi connectivity index (χ0) is 21.6. The molecule has 0 bridgehead atoms. The Morgan fingerprint density at radius 3 is 2.16 bits per heavy atom. The molecule has 0 N–H and O–H groups in total. The van der Waals surface area contributed by atoms with Crippen molar-refractivity contribution in [1.29, 1.82) is 0 Å². The number of nitrogens with zero attached hydrogens (tertiary/aromatic N) is 2. The highest BCUT2D eigenvalue weighted by Gasteiger charge is 2.18. The molecule has 0 aliphatic rings. The van der Waals surface area contributed by atoms with Gasteiger partial charge in [-0.1, -0.05) is 71.7 Å². The number of rotatable bonds is 6. The summed E-state index contributed by atoms with van der Waals surface area (Å²) in [5, 5.41) is 1.09. The molecule has 5 heteroatoms. The van der Waals surface area contributed by atoms with Crippen molar-refractivity contribution in [3.8, 4) is 11.1 Å². The fraction of sp³-hybridized carbons (Fsp3) is 0.0769. The van der Waals surface area contributed by atoms with Crippen LogP contribution in [0.1, 0.15) is 21.5 Å². The van der Waals surface area contributed by atoms with E-state index in [1.807, 2.05) is 78.9 Å². The van der Waals surface area contributed by atoms with Crippen LogP contribution in [0.15, 0.2) is 97.3 Å². The van der Waals surface area contributed by atoms with Gasteiger partial charge >= 0.3 is 0 Å². The molecular weight excluding hydrogens is 427 g/mol. The molecule has 0 saturated heterocycles. The van der Waals surface area contributed by atoms with E-state index >= 15 is 0 Å². The first-order valence-corrected chi connectivity index (χ1v) is 10.6. The van der Waals surface area contributed by atoms with Crippen LogP contribution in [0, 0.1) is 0 Å². The number of pyridine rings is 1. The average molecular weight is 447 g/mol. The Bertz CT molecular complexity index is 1160. The van der Waals surface area contributed by atoms with Crippen LogP contribution in [0.4, 0.5) is 0 Å². The molecule has 0 aliphatic carbocycles. The van der Waals surface area contributed by atoms with Crippen molar-refractivity contribution < 1.29 is 4.79 Å². The van der Waals surface area contributed by atoms with E-state index in [-0.39, 0.29) is 5.91 Å². The van der Waals surface area contributed by atoms with Gasteiger partial charge < -0.3 is 4.90 Å². The summed E-state index contributed by atoms with van der Waals surface area (Å²) in [7, 11) is 0. The van der Waals surface area contributed by atoms with Gasteiger partial charge in [0.05, 0.1) is 0 Å². The standard InChI is InChI=1S/C26H20Cl2N2O/c27-24-12-20(13-25(28)15-24)18-30(17-19-6-5-11-29-16-19)26(31)23-10-4-9-22(14-23)21-7-2-1-3-8-21/h1-16H,17-18H2. The van der Waals surface area contributed by atoms with Gasteiger partial charge in [0.15, 0.2) is 0 Å². The minimum Gasteiger partial charge on any atom is -0.330 e. The lowest BCUT2D eigenvalue weighted by Gasteiger charge is -2.23.